The summed E-state index contributed by atoms with van der Waals surface area (Å²) in [6.07, 6.45) is 1.62. The van der Waals surface area contributed by atoms with Crippen molar-refractivity contribution in [3.63, 3.8) is 0 Å². The van der Waals surface area contributed by atoms with Gasteiger partial charge in [0.15, 0.2) is 0 Å². The zero-order valence-electron chi connectivity index (χ0n) is 17.5. The molecular weight excluding hydrogens is 386 g/mol. The Morgan fingerprint density at radius 1 is 1.13 bits per heavy atom. The van der Waals surface area contributed by atoms with Gasteiger partial charge < -0.3 is 20.1 Å². The molecule has 2 aliphatic rings. The Kier molecular flexibility index (Phi) is 7.46. The van der Waals surface area contributed by atoms with Crippen LogP contribution in [0.1, 0.15) is 38.3 Å². The van der Waals surface area contributed by atoms with E-state index in [1.807, 2.05) is 30.3 Å². The standard InChI is InChI=1S/C22H29N3O5/c1-3-29-20(26)16-11-8-12-25(13-16)14-17-18(21(27)30-4-2)19(24-22(28)23-17)15-9-6-5-7-10-15/h5-7,9-10,16,19H,3-4,8,11-14H2,1-2H3,(H2,23,24,28)/t16-,19+/m1/s1. The maximum atomic E-state index is 12.8. The third kappa shape index (κ3) is 5.18. The molecule has 0 aliphatic carbocycles. The molecule has 0 aromatic heterocycles. The molecule has 2 atom stereocenters. The quantitative estimate of drug-likeness (QED) is 0.663. The molecule has 0 spiro atoms. The van der Waals surface area contributed by atoms with Gasteiger partial charge in [0.2, 0.25) is 0 Å². The first-order chi connectivity index (χ1) is 14.5. The Balaban J connectivity index is 1.88. The van der Waals surface area contributed by atoms with Crippen LogP contribution in [0.25, 0.3) is 0 Å². The molecule has 0 radical (unpaired) electrons. The highest BCUT2D eigenvalue weighted by molar-refractivity contribution is 5.95. The van der Waals surface area contributed by atoms with E-state index in [4.69, 9.17) is 9.47 Å². The summed E-state index contributed by atoms with van der Waals surface area (Å²) in [5, 5.41) is 5.62. The van der Waals surface area contributed by atoms with Crippen molar-refractivity contribution in [1.29, 1.82) is 0 Å². The number of carbonyl (C=O) groups is 3. The van der Waals surface area contributed by atoms with Crippen LogP contribution < -0.4 is 10.6 Å². The highest BCUT2D eigenvalue weighted by atomic mass is 16.5. The number of carbonyl (C=O) groups excluding carboxylic acids is 3. The number of likely N-dealkylation sites (tertiary alicyclic amines) is 1. The molecule has 2 N–H and O–H groups in total. The van der Waals surface area contributed by atoms with Crippen molar-refractivity contribution in [3.05, 3.63) is 47.2 Å². The lowest BCUT2D eigenvalue weighted by atomic mass is 9.94. The van der Waals surface area contributed by atoms with Crippen molar-refractivity contribution in [3.8, 4) is 0 Å². The van der Waals surface area contributed by atoms with Crippen LogP contribution in [0.15, 0.2) is 41.6 Å². The van der Waals surface area contributed by atoms with Crippen molar-refractivity contribution in [2.24, 2.45) is 5.92 Å². The summed E-state index contributed by atoms with van der Waals surface area (Å²) in [5.41, 5.74) is 1.70. The highest BCUT2D eigenvalue weighted by Gasteiger charge is 2.35. The molecular formula is C22H29N3O5. The molecule has 2 amide bonds. The van der Waals surface area contributed by atoms with Gasteiger partial charge in [-0.1, -0.05) is 30.3 Å². The molecule has 1 aromatic carbocycles. The molecule has 1 saturated heterocycles. The van der Waals surface area contributed by atoms with Crippen LogP contribution in [0.3, 0.4) is 0 Å². The Hall–Kier alpha value is -2.87. The Morgan fingerprint density at radius 3 is 2.57 bits per heavy atom. The first kappa shape index (κ1) is 21.8. The number of ether oxygens (including phenoxy) is 2. The zero-order chi connectivity index (χ0) is 21.5. The molecule has 30 heavy (non-hydrogen) atoms. The van der Waals surface area contributed by atoms with Crippen molar-refractivity contribution in [2.45, 2.75) is 32.7 Å². The predicted molar refractivity (Wildman–Crippen MR) is 110 cm³/mol. The minimum absolute atomic E-state index is 0.196. The van der Waals surface area contributed by atoms with Crippen LogP contribution in [0, 0.1) is 5.92 Å². The van der Waals surface area contributed by atoms with Gasteiger partial charge in [0, 0.05) is 18.8 Å². The first-order valence-corrected chi connectivity index (χ1v) is 10.4. The molecule has 0 bridgehead atoms. The summed E-state index contributed by atoms with van der Waals surface area (Å²) in [6, 6.07) is 8.37. The van der Waals surface area contributed by atoms with E-state index in [1.165, 1.54) is 0 Å². The van der Waals surface area contributed by atoms with Crippen LogP contribution in [-0.2, 0) is 19.1 Å². The normalized spacial score (nSPS) is 22.1. The number of hydrogen-bond acceptors (Lipinski definition) is 6. The van der Waals surface area contributed by atoms with Gasteiger partial charge in [-0.15, -0.1) is 0 Å². The zero-order valence-corrected chi connectivity index (χ0v) is 17.5. The van der Waals surface area contributed by atoms with Crippen molar-refractivity contribution < 1.29 is 23.9 Å². The van der Waals surface area contributed by atoms with E-state index >= 15 is 0 Å². The van der Waals surface area contributed by atoms with E-state index in [-0.39, 0.29) is 24.5 Å². The number of nitrogens with one attached hydrogen (secondary N) is 2. The summed E-state index contributed by atoms with van der Waals surface area (Å²) < 4.78 is 10.5. The maximum Gasteiger partial charge on any atom is 0.338 e. The third-order valence-corrected chi connectivity index (χ3v) is 5.29. The molecule has 0 unspecified atom stereocenters. The summed E-state index contributed by atoms with van der Waals surface area (Å²) >= 11 is 0. The number of amides is 2. The number of rotatable bonds is 7. The number of esters is 2. The lowest BCUT2D eigenvalue weighted by Gasteiger charge is -2.35. The lowest BCUT2D eigenvalue weighted by Crippen LogP contribution is -2.50. The molecule has 8 nitrogen and oxygen atoms in total. The summed E-state index contributed by atoms with van der Waals surface area (Å²) in [6.45, 7) is 5.78. The molecule has 1 aromatic rings. The van der Waals surface area contributed by atoms with Gasteiger partial charge >= 0.3 is 18.0 Å². The second kappa shape index (κ2) is 10.2. The molecule has 2 aliphatic heterocycles. The van der Waals surface area contributed by atoms with Crippen LogP contribution in [0.5, 0.6) is 0 Å². The van der Waals surface area contributed by atoms with Gasteiger partial charge in [-0.3, -0.25) is 9.69 Å². The monoisotopic (exact) mass is 415 g/mol. The smallest absolute Gasteiger partial charge is 0.338 e. The average Bonchev–Trinajstić information content (AvgIpc) is 2.74. The fraction of sp³-hybridized carbons (Fsp3) is 0.500. The van der Waals surface area contributed by atoms with E-state index in [9.17, 15) is 14.4 Å². The Morgan fingerprint density at radius 2 is 1.87 bits per heavy atom. The molecule has 1 fully saturated rings. The molecule has 162 valence electrons. The van der Waals surface area contributed by atoms with Gasteiger partial charge in [-0.25, -0.2) is 9.59 Å². The van der Waals surface area contributed by atoms with Crippen molar-refractivity contribution >= 4 is 18.0 Å². The van der Waals surface area contributed by atoms with Gasteiger partial charge in [-0.05, 0) is 38.8 Å². The van der Waals surface area contributed by atoms with Crippen LogP contribution in [-0.4, -0.2) is 55.7 Å². The highest BCUT2D eigenvalue weighted by Crippen LogP contribution is 2.29. The second-order valence-corrected chi connectivity index (χ2v) is 7.38. The number of benzene rings is 1. The summed E-state index contributed by atoms with van der Waals surface area (Å²) in [4.78, 5) is 39.5. The van der Waals surface area contributed by atoms with E-state index < -0.39 is 12.0 Å². The number of urea groups is 1. The second-order valence-electron chi connectivity index (χ2n) is 7.38. The Bertz CT molecular complexity index is 808. The van der Waals surface area contributed by atoms with E-state index in [1.54, 1.807) is 13.8 Å². The van der Waals surface area contributed by atoms with Crippen molar-refractivity contribution in [2.75, 3.05) is 32.8 Å². The van der Waals surface area contributed by atoms with E-state index in [0.29, 0.717) is 31.0 Å². The first-order valence-electron chi connectivity index (χ1n) is 10.4. The van der Waals surface area contributed by atoms with Crippen LogP contribution >= 0.6 is 0 Å². The minimum atomic E-state index is -0.598. The molecule has 2 heterocycles. The van der Waals surface area contributed by atoms with Crippen LogP contribution in [0.4, 0.5) is 4.79 Å². The topological polar surface area (TPSA) is 97.0 Å². The van der Waals surface area contributed by atoms with Gasteiger partial charge in [0.25, 0.3) is 0 Å². The fourth-order valence-electron chi connectivity index (χ4n) is 3.96. The average molecular weight is 415 g/mol. The lowest BCUT2D eigenvalue weighted by molar-refractivity contribution is -0.150. The minimum Gasteiger partial charge on any atom is -0.466 e. The molecule has 8 heteroatoms. The van der Waals surface area contributed by atoms with Gasteiger partial charge in [0.1, 0.15) is 0 Å². The largest absolute Gasteiger partial charge is 0.466 e. The number of nitrogens with zero attached hydrogens (tertiary/aromatic N) is 1. The number of piperidine rings is 1. The molecule has 3 rings (SSSR count). The Labute approximate surface area is 176 Å². The predicted octanol–water partition coefficient (Wildman–Crippen LogP) is 2.13. The summed E-state index contributed by atoms with van der Waals surface area (Å²) in [5.74, 6) is -0.862. The van der Waals surface area contributed by atoms with E-state index in [2.05, 4.69) is 15.5 Å². The fourth-order valence-corrected chi connectivity index (χ4v) is 3.96. The van der Waals surface area contributed by atoms with E-state index in [0.717, 1.165) is 24.9 Å². The summed E-state index contributed by atoms with van der Waals surface area (Å²) in [7, 11) is 0. The SMILES string of the molecule is CCOC(=O)C1=C(CN2CCC[C@@H](C(=O)OCC)C2)NC(=O)N[C@H]1c1ccccc1. The van der Waals surface area contributed by atoms with Crippen molar-refractivity contribution in [1.82, 2.24) is 15.5 Å². The third-order valence-electron chi connectivity index (χ3n) is 5.29. The number of hydrogen-bond donors (Lipinski definition) is 2. The van der Waals surface area contributed by atoms with Crippen LogP contribution in [0.2, 0.25) is 0 Å². The van der Waals surface area contributed by atoms with Gasteiger partial charge in [-0.2, -0.15) is 0 Å². The maximum absolute atomic E-state index is 12.8. The van der Waals surface area contributed by atoms with Gasteiger partial charge in [0.05, 0.1) is 30.7 Å². The molecule has 0 saturated carbocycles.